The number of nitrogens with one attached hydrogen (secondary N) is 1. The Kier molecular flexibility index (Phi) is 2.96. The van der Waals surface area contributed by atoms with Crippen LogP contribution >= 0.6 is 0 Å². The number of fused-ring (bicyclic) bond motifs is 1. The Morgan fingerprint density at radius 2 is 1.83 bits per heavy atom. The molecule has 18 heavy (non-hydrogen) atoms. The number of carbonyl (C=O) groups is 1. The van der Waals surface area contributed by atoms with Crippen molar-refractivity contribution in [2.24, 2.45) is 0 Å². The number of piperidine rings is 1. The van der Waals surface area contributed by atoms with Crippen molar-refractivity contribution in [2.75, 3.05) is 36.5 Å². The average molecular weight is 245 g/mol. The molecular weight excluding hydrogens is 226 g/mol. The number of rotatable bonds is 1. The predicted octanol–water partition coefficient (Wildman–Crippen LogP) is 1.22. The van der Waals surface area contributed by atoms with Crippen molar-refractivity contribution in [1.82, 2.24) is 5.32 Å². The third-order valence-corrected chi connectivity index (χ3v) is 3.98. The summed E-state index contributed by atoms with van der Waals surface area (Å²) in [7, 11) is 1.86. The fourth-order valence-electron chi connectivity index (χ4n) is 2.91. The summed E-state index contributed by atoms with van der Waals surface area (Å²) in [6.45, 7) is 2.61. The van der Waals surface area contributed by atoms with Gasteiger partial charge in [0.15, 0.2) is 0 Å². The summed E-state index contributed by atoms with van der Waals surface area (Å²) in [5.74, 6) is 0.187. The summed E-state index contributed by atoms with van der Waals surface area (Å²) in [4.78, 5) is 16.1. The van der Waals surface area contributed by atoms with Gasteiger partial charge in [-0.15, -0.1) is 0 Å². The lowest BCUT2D eigenvalue weighted by Gasteiger charge is -2.41. The third kappa shape index (κ3) is 1.86. The lowest BCUT2D eigenvalue weighted by atomic mass is 10.0. The van der Waals surface area contributed by atoms with Crippen LogP contribution in [0.15, 0.2) is 24.3 Å². The molecule has 2 aliphatic rings. The van der Waals surface area contributed by atoms with Gasteiger partial charge >= 0.3 is 0 Å². The van der Waals surface area contributed by atoms with Crippen molar-refractivity contribution >= 4 is 17.3 Å². The molecule has 0 radical (unpaired) electrons. The van der Waals surface area contributed by atoms with E-state index in [0.29, 0.717) is 12.6 Å². The van der Waals surface area contributed by atoms with E-state index in [0.717, 1.165) is 31.6 Å². The Hall–Kier alpha value is -1.55. The maximum atomic E-state index is 12.1. The van der Waals surface area contributed by atoms with E-state index >= 15 is 0 Å². The van der Waals surface area contributed by atoms with Crippen LogP contribution in [0.3, 0.4) is 0 Å². The number of likely N-dealkylation sites (N-methyl/N-ethyl adjacent to an activating group) is 1. The molecule has 96 valence electrons. The van der Waals surface area contributed by atoms with Gasteiger partial charge in [-0.3, -0.25) is 4.79 Å². The van der Waals surface area contributed by atoms with E-state index in [1.807, 2.05) is 19.2 Å². The number of anilines is 2. The summed E-state index contributed by atoms with van der Waals surface area (Å²) in [5, 5.41) is 3.38. The minimum atomic E-state index is 0.187. The Labute approximate surface area is 108 Å². The van der Waals surface area contributed by atoms with Crippen LogP contribution in [0, 0.1) is 0 Å². The van der Waals surface area contributed by atoms with Crippen molar-refractivity contribution in [2.45, 2.75) is 18.9 Å². The van der Waals surface area contributed by atoms with Crippen LogP contribution in [0.2, 0.25) is 0 Å². The summed E-state index contributed by atoms with van der Waals surface area (Å²) in [6, 6.07) is 8.69. The molecule has 1 saturated heterocycles. The molecule has 1 aromatic carbocycles. The van der Waals surface area contributed by atoms with E-state index in [4.69, 9.17) is 0 Å². The van der Waals surface area contributed by atoms with Gasteiger partial charge in [-0.2, -0.15) is 0 Å². The van der Waals surface area contributed by atoms with Crippen LogP contribution < -0.4 is 15.1 Å². The van der Waals surface area contributed by atoms with E-state index < -0.39 is 0 Å². The molecule has 1 N–H and O–H groups in total. The number of benzene rings is 1. The van der Waals surface area contributed by atoms with Crippen LogP contribution in [-0.4, -0.2) is 38.6 Å². The first-order valence-corrected chi connectivity index (χ1v) is 6.60. The van der Waals surface area contributed by atoms with Gasteiger partial charge in [0.1, 0.15) is 0 Å². The van der Waals surface area contributed by atoms with Gasteiger partial charge in [0.2, 0.25) is 5.91 Å². The van der Waals surface area contributed by atoms with Crippen LogP contribution in [-0.2, 0) is 4.79 Å². The normalized spacial score (nSPS) is 21.1. The highest BCUT2D eigenvalue weighted by molar-refractivity contribution is 6.02. The molecule has 2 heterocycles. The third-order valence-electron chi connectivity index (χ3n) is 3.98. The quantitative estimate of drug-likeness (QED) is 0.808. The van der Waals surface area contributed by atoms with Crippen molar-refractivity contribution < 1.29 is 4.79 Å². The highest BCUT2D eigenvalue weighted by Gasteiger charge is 2.31. The summed E-state index contributed by atoms with van der Waals surface area (Å²) >= 11 is 0. The SMILES string of the molecule is CN1C(=O)CN(C2CCNCC2)c2ccccc21. The van der Waals surface area contributed by atoms with Crippen molar-refractivity contribution in [3.8, 4) is 0 Å². The molecule has 0 unspecified atom stereocenters. The first-order chi connectivity index (χ1) is 8.77. The second-order valence-electron chi connectivity index (χ2n) is 5.05. The standard InChI is InChI=1S/C14H19N3O/c1-16-12-4-2-3-5-13(12)17(10-14(16)18)11-6-8-15-9-7-11/h2-5,11,15H,6-10H2,1H3. The van der Waals surface area contributed by atoms with Crippen molar-refractivity contribution in [3.63, 3.8) is 0 Å². The topological polar surface area (TPSA) is 35.6 Å². The first kappa shape index (κ1) is 11.5. The number of para-hydroxylation sites is 2. The zero-order valence-corrected chi connectivity index (χ0v) is 10.7. The lowest BCUT2D eigenvalue weighted by Crippen LogP contribution is -2.51. The van der Waals surface area contributed by atoms with Gasteiger partial charge in [-0.05, 0) is 38.1 Å². The molecule has 2 aliphatic heterocycles. The molecule has 1 fully saturated rings. The summed E-state index contributed by atoms with van der Waals surface area (Å²) < 4.78 is 0. The molecule has 0 spiro atoms. The van der Waals surface area contributed by atoms with Gasteiger partial charge in [0.05, 0.1) is 17.9 Å². The minimum absolute atomic E-state index is 0.187. The highest BCUT2D eigenvalue weighted by Crippen LogP contribution is 2.34. The molecule has 0 bridgehead atoms. The maximum Gasteiger partial charge on any atom is 0.246 e. The summed E-state index contributed by atoms with van der Waals surface area (Å²) in [6.07, 6.45) is 2.23. The van der Waals surface area contributed by atoms with Gasteiger partial charge < -0.3 is 15.1 Å². The van der Waals surface area contributed by atoms with E-state index in [-0.39, 0.29) is 5.91 Å². The van der Waals surface area contributed by atoms with Gasteiger partial charge in [-0.1, -0.05) is 12.1 Å². The smallest absolute Gasteiger partial charge is 0.246 e. The number of nitrogens with zero attached hydrogens (tertiary/aromatic N) is 2. The molecule has 0 saturated carbocycles. The highest BCUT2D eigenvalue weighted by atomic mass is 16.2. The zero-order chi connectivity index (χ0) is 12.5. The maximum absolute atomic E-state index is 12.1. The average Bonchev–Trinajstić information content (AvgIpc) is 2.44. The number of carbonyl (C=O) groups excluding carboxylic acids is 1. The fourth-order valence-corrected chi connectivity index (χ4v) is 2.91. The predicted molar refractivity (Wildman–Crippen MR) is 73.1 cm³/mol. The Balaban J connectivity index is 1.95. The van der Waals surface area contributed by atoms with E-state index in [1.165, 1.54) is 5.69 Å². The Morgan fingerprint density at radius 1 is 1.17 bits per heavy atom. The van der Waals surface area contributed by atoms with Crippen molar-refractivity contribution in [1.29, 1.82) is 0 Å². The van der Waals surface area contributed by atoms with Gasteiger partial charge in [0.25, 0.3) is 0 Å². The second-order valence-corrected chi connectivity index (χ2v) is 5.05. The number of amides is 1. The van der Waals surface area contributed by atoms with Crippen LogP contribution in [0.4, 0.5) is 11.4 Å². The molecular formula is C14H19N3O. The van der Waals surface area contributed by atoms with E-state index in [9.17, 15) is 4.79 Å². The first-order valence-electron chi connectivity index (χ1n) is 6.60. The largest absolute Gasteiger partial charge is 0.357 e. The molecule has 0 aliphatic carbocycles. The number of hydrogen-bond donors (Lipinski definition) is 1. The lowest BCUT2D eigenvalue weighted by molar-refractivity contribution is -0.117. The van der Waals surface area contributed by atoms with Crippen LogP contribution in [0.1, 0.15) is 12.8 Å². The molecule has 0 aromatic heterocycles. The molecule has 1 amide bonds. The summed E-state index contributed by atoms with van der Waals surface area (Å²) in [5.41, 5.74) is 2.23. The van der Waals surface area contributed by atoms with Gasteiger partial charge in [0, 0.05) is 13.1 Å². The Morgan fingerprint density at radius 3 is 2.56 bits per heavy atom. The molecule has 0 atom stereocenters. The van der Waals surface area contributed by atoms with E-state index in [1.54, 1.807) is 4.90 Å². The molecule has 4 nitrogen and oxygen atoms in total. The van der Waals surface area contributed by atoms with E-state index in [2.05, 4.69) is 22.3 Å². The molecule has 1 aromatic rings. The second kappa shape index (κ2) is 4.61. The fraction of sp³-hybridized carbons (Fsp3) is 0.500. The Bertz CT molecular complexity index is 454. The molecule has 3 rings (SSSR count). The van der Waals surface area contributed by atoms with Crippen LogP contribution in [0.5, 0.6) is 0 Å². The molecule has 4 heteroatoms. The minimum Gasteiger partial charge on any atom is -0.357 e. The van der Waals surface area contributed by atoms with Crippen LogP contribution in [0.25, 0.3) is 0 Å². The number of hydrogen-bond acceptors (Lipinski definition) is 3. The van der Waals surface area contributed by atoms with Gasteiger partial charge in [-0.25, -0.2) is 0 Å². The zero-order valence-electron chi connectivity index (χ0n) is 10.7. The van der Waals surface area contributed by atoms with Crippen molar-refractivity contribution in [3.05, 3.63) is 24.3 Å². The monoisotopic (exact) mass is 245 g/mol.